The highest BCUT2D eigenvalue weighted by molar-refractivity contribution is 6.32. The summed E-state index contributed by atoms with van der Waals surface area (Å²) < 4.78 is 0. The minimum Gasteiger partial charge on any atom is -0.258 e. The van der Waals surface area contributed by atoms with Crippen molar-refractivity contribution >= 4 is 17.3 Å². The second-order valence-electron chi connectivity index (χ2n) is 3.54. The van der Waals surface area contributed by atoms with Gasteiger partial charge in [0.2, 0.25) is 0 Å². The number of halogens is 1. The molecule has 0 heterocycles. The average Bonchev–Trinajstić information content (AvgIpc) is 2.16. The molecule has 0 saturated carbocycles. The van der Waals surface area contributed by atoms with Crippen LogP contribution in [0.3, 0.4) is 0 Å². The van der Waals surface area contributed by atoms with Crippen LogP contribution in [0.1, 0.15) is 24.0 Å². The summed E-state index contributed by atoms with van der Waals surface area (Å²) in [6.07, 6.45) is 4.20. The summed E-state index contributed by atoms with van der Waals surface area (Å²) in [6, 6.07) is 3.37. The normalized spacial score (nSPS) is 14.9. The van der Waals surface area contributed by atoms with Crippen LogP contribution in [0.15, 0.2) is 12.1 Å². The number of benzene rings is 1. The van der Waals surface area contributed by atoms with Crippen LogP contribution >= 0.6 is 11.6 Å². The van der Waals surface area contributed by atoms with E-state index in [9.17, 15) is 10.1 Å². The van der Waals surface area contributed by atoms with Crippen molar-refractivity contribution in [1.82, 2.24) is 0 Å². The van der Waals surface area contributed by atoms with Crippen LogP contribution in [0.4, 0.5) is 5.69 Å². The van der Waals surface area contributed by atoms with Crippen molar-refractivity contribution in [2.45, 2.75) is 25.7 Å². The first-order valence-corrected chi connectivity index (χ1v) is 5.02. The van der Waals surface area contributed by atoms with E-state index < -0.39 is 4.92 Å². The molecule has 0 saturated heterocycles. The monoisotopic (exact) mass is 211 g/mol. The van der Waals surface area contributed by atoms with E-state index in [1.54, 1.807) is 12.1 Å². The summed E-state index contributed by atoms with van der Waals surface area (Å²) in [5, 5.41) is 10.9. The minimum atomic E-state index is -0.419. The second kappa shape index (κ2) is 3.58. The van der Waals surface area contributed by atoms with Gasteiger partial charge in [-0.1, -0.05) is 11.6 Å². The first kappa shape index (κ1) is 9.46. The zero-order chi connectivity index (χ0) is 10.1. The van der Waals surface area contributed by atoms with E-state index in [4.69, 9.17) is 11.6 Å². The predicted octanol–water partition coefficient (Wildman–Crippen LogP) is 3.13. The third kappa shape index (κ3) is 1.60. The van der Waals surface area contributed by atoms with Crippen molar-refractivity contribution in [3.05, 3.63) is 38.4 Å². The molecule has 14 heavy (non-hydrogen) atoms. The molecule has 0 amide bonds. The maximum Gasteiger partial charge on any atom is 0.288 e. The Labute approximate surface area is 86.8 Å². The zero-order valence-electron chi connectivity index (χ0n) is 7.62. The molecular weight excluding hydrogens is 202 g/mol. The van der Waals surface area contributed by atoms with Gasteiger partial charge in [0.25, 0.3) is 5.69 Å². The lowest BCUT2D eigenvalue weighted by atomic mass is 9.91. The molecule has 4 heteroatoms. The third-order valence-corrected chi connectivity index (χ3v) is 2.91. The first-order chi connectivity index (χ1) is 6.68. The predicted molar refractivity (Wildman–Crippen MR) is 54.7 cm³/mol. The molecule has 1 aromatic carbocycles. The molecule has 0 atom stereocenters. The molecule has 0 N–H and O–H groups in total. The lowest BCUT2D eigenvalue weighted by Gasteiger charge is -2.15. The van der Waals surface area contributed by atoms with Gasteiger partial charge in [-0.2, -0.15) is 0 Å². The molecule has 0 fully saturated rings. The van der Waals surface area contributed by atoms with Crippen LogP contribution < -0.4 is 0 Å². The standard InChI is InChI=1S/C10H10ClNO2/c11-9-5-7-3-1-2-4-8(7)6-10(9)12(13)14/h5-6H,1-4H2. The Hall–Kier alpha value is -1.09. The average molecular weight is 212 g/mol. The molecule has 2 rings (SSSR count). The highest BCUT2D eigenvalue weighted by atomic mass is 35.5. The summed E-state index contributed by atoms with van der Waals surface area (Å²) in [5.74, 6) is 0. The van der Waals surface area contributed by atoms with Crippen molar-refractivity contribution in [1.29, 1.82) is 0 Å². The van der Waals surface area contributed by atoms with Crippen molar-refractivity contribution in [2.24, 2.45) is 0 Å². The number of fused-ring (bicyclic) bond motifs is 1. The van der Waals surface area contributed by atoms with Gasteiger partial charge in [-0.3, -0.25) is 10.1 Å². The topological polar surface area (TPSA) is 43.1 Å². The Kier molecular flexibility index (Phi) is 2.42. The Morgan fingerprint density at radius 1 is 1.21 bits per heavy atom. The van der Waals surface area contributed by atoms with Gasteiger partial charge in [0.05, 0.1) is 4.92 Å². The van der Waals surface area contributed by atoms with Crippen molar-refractivity contribution in [3.8, 4) is 0 Å². The van der Waals surface area contributed by atoms with E-state index >= 15 is 0 Å². The number of nitro groups is 1. The van der Waals surface area contributed by atoms with E-state index in [0.29, 0.717) is 0 Å². The molecule has 1 aliphatic rings. The summed E-state index contributed by atoms with van der Waals surface area (Å²) in [6.45, 7) is 0. The van der Waals surface area contributed by atoms with E-state index in [1.165, 1.54) is 5.56 Å². The quantitative estimate of drug-likeness (QED) is 0.529. The van der Waals surface area contributed by atoms with Crippen molar-refractivity contribution in [3.63, 3.8) is 0 Å². The highest BCUT2D eigenvalue weighted by Gasteiger charge is 2.18. The van der Waals surface area contributed by atoms with E-state index in [0.717, 1.165) is 31.2 Å². The summed E-state index contributed by atoms with van der Waals surface area (Å²) in [5.41, 5.74) is 2.30. The third-order valence-electron chi connectivity index (χ3n) is 2.61. The molecule has 0 radical (unpaired) electrons. The van der Waals surface area contributed by atoms with Crippen LogP contribution in [-0.4, -0.2) is 4.92 Å². The molecule has 74 valence electrons. The largest absolute Gasteiger partial charge is 0.288 e. The first-order valence-electron chi connectivity index (χ1n) is 4.64. The van der Waals surface area contributed by atoms with Gasteiger partial charge >= 0.3 is 0 Å². The fourth-order valence-corrected chi connectivity index (χ4v) is 2.14. The summed E-state index contributed by atoms with van der Waals surface area (Å²) >= 11 is 5.81. The van der Waals surface area contributed by atoms with Gasteiger partial charge in [0.1, 0.15) is 5.02 Å². The van der Waals surface area contributed by atoms with Gasteiger partial charge in [-0.05, 0) is 42.9 Å². The Morgan fingerprint density at radius 2 is 1.79 bits per heavy atom. The Morgan fingerprint density at radius 3 is 2.36 bits per heavy atom. The van der Waals surface area contributed by atoms with E-state index in [-0.39, 0.29) is 10.7 Å². The van der Waals surface area contributed by atoms with Gasteiger partial charge in [-0.15, -0.1) is 0 Å². The van der Waals surface area contributed by atoms with Crippen molar-refractivity contribution in [2.75, 3.05) is 0 Å². The van der Waals surface area contributed by atoms with Gasteiger partial charge in [-0.25, -0.2) is 0 Å². The number of nitrogens with zero attached hydrogens (tertiary/aromatic N) is 1. The molecule has 0 spiro atoms. The molecule has 0 unspecified atom stereocenters. The lowest BCUT2D eigenvalue weighted by Crippen LogP contribution is -2.03. The number of hydrogen-bond donors (Lipinski definition) is 0. The van der Waals surface area contributed by atoms with Crippen LogP contribution in [0, 0.1) is 10.1 Å². The maximum absolute atomic E-state index is 10.6. The SMILES string of the molecule is O=[N+]([O-])c1cc2c(cc1Cl)CCCC2. The molecule has 1 aromatic rings. The molecule has 3 nitrogen and oxygen atoms in total. The van der Waals surface area contributed by atoms with Crippen LogP contribution in [0.2, 0.25) is 5.02 Å². The van der Waals surface area contributed by atoms with Gasteiger partial charge < -0.3 is 0 Å². The number of nitro benzene ring substituents is 1. The molecular formula is C10H10ClNO2. The zero-order valence-corrected chi connectivity index (χ0v) is 8.38. The van der Waals surface area contributed by atoms with Crippen LogP contribution in [0.25, 0.3) is 0 Å². The Bertz CT molecular complexity index is 390. The van der Waals surface area contributed by atoms with Crippen molar-refractivity contribution < 1.29 is 4.92 Å². The second-order valence-corrected chi connectivity index (χ2v) is 3.94. The van der Waals surface area contributed by atoms with E-state index in [2.05, 4.69) is 0 Å². The van der Waals surface area contributed by atoms with Crippen LogP contribution in [-0.2, 0) is 12.8 Å². The lowest BCUT2D eigenvalue weighted by molar-refractivity contribution is -0.384. The minimum absolute atomic E-state index is 0.0346. The smallest absolute Gasteiger partial charge is 0.258 e. The molecule has 0 aromatic heterocycles. The number of aryl methyl sites for hydroxylation is 2. The fraction of sp³-hybridized carbons (Fsp3) is 0.400. The number of hydrogen-bond acceptors (Lipinski definition) is 2. The molecule has 1 aliphatic carbocycles. The highest BCUT2D eigenvalue weighted by Crippen LogP contribution is 2.31. The maximum atomic E-state index is 10.6. The number of rotatable bonds is 1. The Balaban J connectivity index is 2.50. The van der Waals surface area contributed by atoms with Crippen LogP contribution in [0.5, 0.6) is 0 Å². The van der Waals surface area contributed by atoms with Gasteiger partial charge in [0, 0.05) is 6.07 Å². The van der Waals surface area contributed by atoms with E-state index in [1.807, 2.05) is 0 Å². The summed E-state index contributed by atoms with van der Waals surface area (Å²) in [7, 11) is 0. The summed E-state index contributed by atoms with van der Waals surface area (Å²) in [4.78, 5) is 10.2. The molecule has 0 aliphatic heterocycles. The fourth-order valence-electron chi connectivity index (χ4n) is 1.88. The van der Waals surface area contributed by atoms with Gasteiger partial charge in [0.15, 0.2) is 0 Å². The molecule has 0 bridgehead atoms.